The number of esters is 1. The molecule has 0 aliphatic rings. The fourth-order valence-electron chi connectivity index (χ4n) is 2.27. The number of benzene rings is 2. The quantitative estimate of drug-likeness (QED) is 0.707. The molecule has 0 heterocycles. The Morgan fingerprint density at radius 3 is 2.42 bits per heavy atom. The van der Waals surface area contributed by atoms with Crippen LogP contribution in [0.5, 0.6) is 5.75 Å². The van der Waals surface area contributed by atoms with Gasteiger partial charge in [0.15, 0.2) is 6.10 Å². The van der Waals surface area contributed by atoms with Crippen LogP contribution in [0, 0.1) is 6.92 Å². The first kappa shape index (κ1) is 20.1. The monoisotopic (exact) mass is 395 g/mol. The molecule has 1 atom stereocenters. The summed E-state index contributed by atoms with van der Waals surface area (Å²) in [6.07, 6.45) is -0.238. The number of anilines is 1. The van der Waals surface area contributed by atoms with Crippen molar-refractivity contribution in [2.24, 2.45) is 0 Å². The van der Waals surface area contributed by atoms with Crippen LogP contribution in [-0.2, 0) is 9.53 Å². The zero-order valence-electron chi connectivity index (χ0n) is 14.6. The number of aryl methyl sites for hydroxylation is 1. The highest BCUT2D eigenvalue weighted by Gasteiger charge is 2.20. The van der Waals surface area contributed by atoms with Gasteiger partial charge < -0.3 is 14.8 Å². The van der Waals surface area contributed by atoms with Crippen molar-refractivity contribution in [2.75, 3.05) is 12.4 Å². The van der Waals surface area contributed by atoms with Gasteiger partial charge in [-0.15, -0.1) is 0 Å². The molecule has 26 heavy (non-hydrogen) atoms. The summed E-state index contributed by atoms with van der Waals surface area (Å²) < 4.78 is 10.4. The highest BCUT2D eigenvalue weighted by molar-refractivity contribution is 6.33. The Bertz CT molecular complexity index is 823. The summed E-state index contributed by atoms with van der Waals surface area (Å²) >= 11 is 12.0. The standard InChI is InChI=1S/C19H19Cl2NO4/c1-4-17(26-13-6-8-15(20)11(2)9-13)18(23)22-12-5-7-16(21)14(10-12)19(24)25-3/h5-10,17H,4H2,1-3H3,(H,22,23). The fraction of sp³-hybridized carbons (Fsp3) is 0.263. The van der Waals surface area contributed by atoms with E-state index in [9.17, 15) is 9.59 Å². The van der Waals surface area contributed by atoms with Crippen LogP contribution in [0.2, 0.25) is 10.0 Å². The van der Waals surface area contributed by atoms with Crippen molar-refractivity contribution in [3.63, 3.8) is 0 Å². The minimum absolute atomic E-state index is 0.175. The van der Waals surface area contributed by atoms with Gasteiger partial charge in [-0.25, -0.2) is 4.79 Å². The molecule has 2 aromatic rings. The molecule has 7 heteroatoms. The number of carbonyl (C=O) groups excluding carboxylic acids is 2. The lowest BCUT2D eigenvalue weighted by Gasteiger charge is -2.18. The minimum atomic E-state index is -0.701. The second-order valence-electron chi connectivity index (χ2n) is 5.60. The first-order valence-corrected chi connectivity index (χ1v) is 8.72. The van der Waals surface area contributed by atoms with Crippen molar-refractivity contribution in [2.45, 2.75) is 26.4 Å². The van der Waals surface area contributed by atoms with Crippen LogP contribution in [0.3, 0.4) is 0 Å². The highest BCUT2D eigenvalue weighted by Crippen LogP contribution is 2.24. The van der Waals surface area contributed by atoms with Gasteiger partial charge in [-0.05, 0) is 55.3 Å². The smallest absolute Gasteiger partial charge is 0.339 e. The van der Waals surface area contributed by atoms with Crippen LogP contribution >= 0.6 is 23.2 Å². The summed E-state index contributed by atoms with van der Waals surface area (Å²) in [5, 5.41) is 3.61. The van der Waals surface area contributed by atoms with Gasteiger partial charge in [0.25, 0.3) is 5.91 Å². The summed E-state index contributed by atoms with van der Waals surface area (Å²) in [5.74, 6) is -0.357. The lowest BCUT2D eigenvalue weighted by molar-refractivity contribution is -0.122. The molecule has 0 saturated carbocycles. The average Bonchev–Trinajstić information content (AvgIpc) is 2.63. The highest BCUT2D eigenvalue weighted by atomic mass is 35.5. The molecule has 1 unspecified atom stereocenters. The molecule has 0 spiro atoms. The molecule has 0 aromatic heterocycles. The van der Waals surface area contributed by atoms with E-state index in [4.69, 9.17) is 27.9 Å². The normalized spacial score (nSPS) is 11.6. The third kappa shape index (κ3) is 4.90. The average molecular weight is 396 g/mol. The van der Waals surface area contributed by atoms with Crippen molar-refractivity contribution in [3.8, 4) is 5.75 Å². The van der Waals surface area contributed by atoms with E-state index >= 15 is 0 Å². The largest absolute Gasteiger partial charge is 0.481 e. The van der Waals surface area contributed by atoms with Crippen LogP contribution in [0.15, 0.2) is 36.4 Å². The number of halogens is 2. The summed E-state index contributed by atoms with van der Waals surface area (Å²) in [7, 11) is 1.26. The lowest BCUT2D eigenvalue weighted by Crippen LogP contribution is -2.32. The first-order valence-electron chi connectivity index (χ1n) is 7.97. The summed E-state index contributed by atoms with van der Waals surface area (Å²) in [5.41, 5.74) is 1.46. The van der Waals surface area contributed by atoms with E-state index in [1.165, 1.54) is 19.2 Å². The van der Waals surface area contributed by atoms with Gasteiger partial charge in [-0.2, -0.15) is 0 Å². The van der Waals surface area contributed by atoms with Crippen LogP contribution in [0.4, 0.5) is 5.69 Å². The third-order valence-electron chi connectivity index (χ3n) is 3.71. The Labute approximate surface area is 162 Å². The Balaban J connectivity index is 2.13. The minimum Gasteiger partial charge on any atom is -0.481 e. The van der Waals surface area contributed by atoms with Gasteiger partial charge in [-0.3, -0.25) is 4.79 Å². The van der Waals surface area contributed by atoms with Crippen molar-refractivity contribution in [1.82, 2.24) is 0 Å². The molecule has 5 nitrogen and oxygen atoms in total. The maximum atomic E-state index is 12.5. The predicted molar refractivity (Wildman–Crippen MR) is 102 cm³/mol. The number of rotatable bonds is 6. The zero-order valence-corrected chi connectivity index (χ0v) is 16.1. The molecule has 138 valence electrons. The second-order valence-corrected chi connectivity index (χ2v) is 6.42. The second kappa shape index (κ2) is 8.92. The number of nitrogens with one attached hydrogen (secondary N) is 1. The van der Waals surface area contributed by atoms with Crippen molar-refractivity contribution in [3.05, 3.63) is 57.6 Å². The van der Waals surface area contributed by atoms with E-state index in [0.29, 0.717) is 22.9 Å². The van der Waals surface area contributed by atoms with Crippen LogP contribution in [0.25, 0.3) is 0 Å². The summed E-state index contributed by atoms with van der Waals surface area (Å²) in [4.78, 5) is 24.2. The number of amides is 1. The lowest BCUT2D eigenvalue weighted by atomic mass is 10.2. The van der Waals surface area contributed by atoms with Crippen LogP contribution in [-0.4, -0.2) is 25.1 Å². The van der Waals surface area contributed by atoms with Gasteiger partial charge in [0.05, 0.1) is 17.7 Å². The molecule has 0 fully saturated rings. The van der Waals surface area contributed by atoms with E-state index in [-0.39, 0.29) is 16.5 Å². The van der Waals surface area contributed by atoms with Gasteiger partial charge >= 0.3 is 5.97 Å². The predicted octanol–water partition coefficient (Wildman–Crippen LogP) is 4.88. The maximum Gasteiger partial charge on any atom is 0.339 e. The zero-order chi connectivity index (χ0) is 19.3. The Hall–Kier alpha value is -2.24. The van der Waals surface area contributed by atoms with Gasteiger partial charge in [0, 0.05) is 10.7 Å². The molecule has 1 N–H and O–H groups in total. The Kier molecular flexibility index (Phi) is 6.89. The number of hydrogen-bond acceptors (Lipinski definition) is 4. The molecule has 1 amide bonds. The topological polar surface area (TPSA) is 64.6 Å². The van der Waals surface area contributed by atoms with Crippen LogP contribution in [0.1, 0.15) is 29.3 Å². The van der Waals surface area contributed by atoms with Gasteiger partial charge in [0.1, 0.15) is 5.75 Å². The van der Waals surface area contributed by atoms with Crippen LogP contribution < -0.4 is 10.1 Å². The van der Waals surface area contributed by atoms with E-state index in [1.807, 2.05) is 13.8 Å². The van der Waals surface area contributed by atoms with Crippen molar-refractivity contribution < 1.29 is 19.1 Å². The molecule has 0 aliphatic heterocycles. The van der Waals surface area contributed by atoms with Crippen molar-refractivity contribution in [1.29, 1.82) is 0 Å². The molecule has 2 aromatic carbocycles. The third-order valence-corrected chi connectivity index (χ3v) is 4.46. The van der Waals surface area contributed by atoms with E-state index in [1.54, 1.807) is 24.3 Å². The Morgan fingerprint density at radius 1 is 1.12 bits per heavy atom. The molecule has 0 aliphatic carbocycles. The molecule has 0 bridgehead atoms. The molecule has 0 saturated heterocycles. The molecule has 0 radical (unpaired) electrons. The SMILES string of the molecule is CCC(Oc1ccc(Cl)c(C)c1)C(=O)Nc1ccc(Cl)c(C(=O)OC)c1. The number of methoxy groups -OCH3 is 1. The number of ether oxygens (including phenoxy) is 2. The van der Waals surface area contributed by atoms with E-state index < -0.39 is 12.1 Å². The first-order chi connectivity index (χ1) is 12.3. The molecule has 2 rings (SSSR count). The van der Waals surface area contributed by atoms with Crippen molar-refractivity contribution >= 4 is 40.8 Å². The molecular formula is C19H19Cl2NO4. The van der Waals surface area contributed by atoms with E-state index in [2.05, 4.69) is 10.1 Å². The van der Waals surface area contributed by atoms with Gasteiger partial charge in [-0.1, -0.05) is 30.1 Å². The van der Waals surface area contributed by atoms with Gasteiger partial charge in [0.2, 0.25) is 0 Å². The number of hydrogen-bond donors (Lipinski definition) is 1. The fourth-order valence-corrected chi connectivity index (χ4v) is 2.58. The summed E-state index contributed by atoms with van der Waals surface area (Å²) in [6.45, 7) is 3.70. The number of carbonyl (C=O) groups is 2. The molecular weight excluding hydrogens is 377 g/mol. The Morgan fingerprint density at radius 2 is 1.81 bits per heavy atom. The maximum absolute atomic E-state index is 12.5. The van der Waals surface area contributed by atoms with E-state index in [0.717, 1.165) is 5.56 Å². The summed E-state index contributed by atoms with van der Waals surface area (Å²) in [6, 6.07) is 9.79.